The van der Waals surface area contributed by atoms with Crippen molar-refractivity contribution >= 4 is 40.6 Å². The van der Waals surface area contributed by atoms with Crippen LogP contribution in [-0.4, -0.2) is 38.6 Å². The number of aromatic nitrogens is 4. The smallest absolute Gasteiger partial charge is 0.234 e. The van der Waals surface area contributed by atoms with E-state index in [2.05, 4.69) is 20.6 Å². The highest BCUT2D eigenvalue weighted by Gasteiger charge is 2.13. The first-order valence-electron chi connectivity index (χ1n) is 9.10. The minimum atomic E-state index is -0.161. The maximum Gasteiger partial charge on any atom is 0.234 e. The maximum atomic E-state index is 12.4. The zero-order chi connectivity index (χ0) is 21.1. The van der Waals surface area contributed by atoms with Crippen LogP contribution in [0.25, 0.3) is 16.9 Å². The molecule has 2 aromatic heterocycles. The second-order valence-electron chi connectivity index (χ2n) is 6.45. The van der Waals surface area contributed by atoms with Gasteiger partial charge < -0.3 is 10.1 Å². The van der Waals surface area contributed by atoms with Gasteiger partial charge in [-0.3, -0.25) is 4.79 Å². The Hall–Kier alpha value is -3.10. The van der Waals surface area contributed by atoms with Gasteiger partial charge in [0.25, 0.3) is 0 Å². The van der Waals surface area contributed by atoms with Crippen LogP contribution in [0.2, 0.25) is 5.02 Å². The molecule has 0 fully saturated rings. The molecule has 0 spiro atoms. The number of halogens is 1. The van der Waals surface area contributed by atoms with E-state index >= 15 is 0 Å². The highest BCUT2D eigenvalue weighted by molar-refractivity contribution is 7.99. The van der Waals surface area contributed by atoms with Gasteiger partial charge in [0.1, 0.15) is 5.75 Å². The summed E-state index contributed by atoms with van der Waals surface area (Å²) in [5.74, 6) is 0.754. The standard InChI is InChI=1S/C21H18ClN5O2S/c1-13-16(22)7-4-8-17(13)23-20(28)12-30-21-25-24-19-10-9-18(26-27(19)21)14-5-3-6-15(11-14)29-2/h3-11H,12H2,1-2H3,(H,23,28). The molecule has 2 aromatic carbocycles. The normalized spacial score (nSPS) is 10.9. The van der Waals surface area contributed by atoms with E-state index in [1.165, 1.54) is 11.8 Å². The van der Waals surface area contributed by atoms with Crippen molar-refractivity contribution < 1.29 is 9.53 Å². The summed E-state index contributed by atoms with van der Waals surface area (Å²) in [6, 6.07) is 16.8. The van der Waals surface area contributed by atoms with Gasteiger partial charge in [0.05, 0.1) is 18.6 Å². The van der Waals surface area contributed by atoms with Gasteiger partial charge in [-0.1, -0.05) is 41.6 Å². The van der Waals surface area contributed by atoms with E-state index in [1.807, 2.05) is 49.4 Å². The number of nitrogens with one attached hydrogen (secondary N) is 1. The molecule has 4 aromatic rings. The van der Waals surface area contributed by atoms with Crippen LogP contribution < -0.4 is 10.1 Å². The molecule has 1 amide bonds. The minimum absolute atomic E-state index is 0.161. The Balaban J connectivity index is 1.51. The van der Waals surface area contributed by atoms with Crippen LogP contribution in [0.4, 0.5) is 5.69 Å². The molecule has 0 aliphatic rings. The number of rotatable bonds is 6. The first kappa shape index (κ1) is 20.2. The topological polar surface area (TPSA) is 81.4 Å². The highest BCUT2D eigenvalue weighted by atomic mass is 35.5. The van der Waals surface area contributed by atoms with E-state index in [9.17, 15) is 4.79 Å². The quantitative estimate of drug-likeness (QED) is 0.446. The molecule has 2 heterocycles. The van der Waals surface area contributed by atoms with Gasteiger partial charge in [0.2, 0.25) is 11.1 Å². The van der Waals surface area contributed by atoms with E-state index in [1.54, 1.807) is 23.8 Å². The summed E-state index contributed by atoms with van der Waals surface area (Å²) < 4.78 is 6.92. The van der Waals surface area contributed by atoms with E-state index in [0.29, 0.717) is 21.5 Å². The molecule has 7 nitrogen and oxygen atoms in total. The van der Waals surface area contributed by atoms with E-state index in [0.717, 1.165) is 22.6 Å². The molecule has 0 unspecified atom stereocenters. The molecule has 1 N–H and O–H groups in total. The lowest BCUT2D eigenvalue weighted by molar-refractivity contribution is -0.113. The SMILES string of the molecule is COc1cccc(-c2ccc3nnc(SCC(=O)Nc4cccc(Cl)c4C)n3n2)c1. The lowest BCUT2D eigenvalue weighted by Gasteiger charge is -2.09. The zero-order valence-corrected chi connectivity index (χ0v) is 17.9. The number of nitrogens with zero attached hydrogens (tertiary/aromatic N) is 4. The molecule has 152 valence electrons. The number of fused-ring (bicyclic) bond motifs is 1. The molecular weight excluding hydrogens is 422 g/mol. The molecule has 0 atom stereocenters. The lowest BCUT2D eigenvalue weighted by atomic mass is 10.1. The summed E-state index contributed by atoms with van der Waals surface area (Å²) in [6.07, 6.45) is 0. The number of hydrogen-bond acceptors (Lipinski definition) is 6. The van der Waals surface area contributed by atoms with Crippen LogP contribution in [0.1, 0.15) is 5.56 Å². The largest absolute Gasteiger partial charge is 0.497 e. The molecule has 0 aliphatic carbocycles. The molecule has 0 saturated heterocycles. The van der Waals surface area contributed by atoms with Crippen LogP contribution in [0.3, 0.4) is 0 Å². The minimum Gasteiger partial charge on any atom is -0.497 e. The molecule has 4 rings (SSSR count). The van der Waals surface area contributed by atoms with Crippen molar-refractivity contribution in [3.8, 4) is 17.0 Å². The first-order valence-corrected chi connectivity index (χ1v) is 10.5. The number of benzene rings is 2. The molecule has 0 aliphatic heterocycles. The summed E-state index contributed by atoms with van der Waals surface area (Å²) in [4.78, 5) is 12.4. The van der Waals surface area contributed by atoms with Crippen LogP contribution in [-0.2, 0) is 4.79 Å². The predicted octanol–water partition coefficient (Wildman–Crippen LogP) is 4.49. The molecule has 30 heavy (non-hydrogen) atoms. The first-order chi connectivity index (χ1) is 14.5. The fourth-order valence-electron chi connectivity index (χ4n) is 2.85. The molecule has 0 bridgehead atoms. The Labute approximate surface area is 182 Å². The van der Waals surface area contributed by atoms with Gasteiger partial charge >= 0.3 is 0 Å². The summed E-state index contributed by atoms with van der Waals surface area (Å²) in [6.45, 7) is 1.86. The Morgan fingerprint density at radius 2 is 2.00 bits per heavy atom. The van der Waals surface area contributed by atoms with Crippen molar-refractivity contribution in [1.29, 1.82) is 0 Å². The average molecular weight is 440 g/mol. The van der Waals surface area contributed by atoms with Gasteiger partial charge in [-0.15, -0.1) is 10.2 Å². The van der Waals surface area contributed by atoms with Crippen molar-refractivity contribution in [3.05, 3.63) is 65.2 Å². The summed E-state index contributed by atoms with van der Waals surface area (Å²) in [5, 5.41) is 16.9. The number of thioether (sulfide) groups is 1. The van der Waals surface area contributed by atoms with Crippen LogP contribution in [0.5, 0.6) is 5.75 Å². The Morgan fingerprint density at radius 3 is 2.83 bits per heavy atom. The van der Waals surface area contributed by atoms with Crippen molar-refractivity contribution in [3.63, 3.8) is 0 Å². The third-order valence-corrected chi connectivity index (χ3v) is 5.80. The number of methoxy groups -OCH3 is 1. The predicted molar refractivity (Wildman–Crippen MR) is 118 cm³/mol. The zero-order valence-electron chi connectivity index (χ0n) is 16.3. The summed E-state index contributed by atoms with van der Waals surface area (Å²) in [5.41, 5.74) is 3.79. The summed E-state index contributed by atoms with van der Waals surface area (Å²) >= 11 is 7.37. The number of carbonyl (C=O) groups excluding carboxylic acids is 1. The number of anilines is 1. The lowest BCUT2D eigenvalue weighted by Crippen LogP contribution is -2.15. The molecule has 9 heteroatoms. The van der Waals surface area contributed by atoms with Crippen molar-refractivity contribution in [2.45, 2.75) is 12.1 Å². The second-order valence-corrected chi connectivity index (χ2v) is 7.80. The molecular formula is C21H18ClN5O2S. The van der Waals surface area contributed by atoms with Gasteiger partial charge in [0.15, 0.2) is 5.65 Å². The third-order valence-electron chi connectivity index (χ3n) is 4.47. The third kappa shape index (κ3) is 4.24. The van der Waals surface area contributed by atoms with Gasteiger partial charge in [0, 0.05) is 16.3 Å². The fraction of sp³-hybridized carbons (Fsp3) is 0.143. The average Bonchev–Trinajstić information content (AvgIpc) is 3.18. The number of amides is 1. The number of hydrogen-bond donors (Lipinski definition) is 1. The number of carbonyl (C=O) groups is 1. The Kier molecular flexibility index (Phi) is 5.87. The number of ether oxygens (including phenoxy) is 1. The van der Waals surface area contributed by atoms with Crippen LogP contribution in [0, 0.1) is 6.92 Å². The van der Waals surface area contributed by atoms with E-state index in [-0.39, 0.29) is 11.7 Å². The van der Waals surface area contributed by atoms with Crippen LogP contribution in [0.15, 0.2) is 59.8 Å². The molecule has 0 radical (unpaired) electrons. The van der Waals surface area contributed by atoms with E-state index in [4.69, 9.17) is 16.3 Å². The summed E-state index contributed by atoms with van der Waals surface area (Å²) in [7, 11) is 1.63. The highest BCUT2D eigenvalue weighted by Crippen LogP contribution is 2.25. The van der Waals surface area contributed by atoms with E-state index < -0.39 is 0 Å². The van der Waals surface area contributed by atoms with Gasteiger partial charge in [-0.25, -0.2) is 0 Å². The molecule has 0 saturated carbocycles. The van der Waals surface area contributed by atoms with Crippen molar-refractivity contribution in [2.24, 2.45) is 0 Å². The van der Waals surface area contributed by atoms with Crippen LogP contribution >= 0.6 is 23.4 Å². The fourth-order valence-corrected chi connectivity index (χ4v) is 3.72. The second kappa shape index (κ2) is 8.73. The Bertz CT molecular complexity index is 1230. The van der Waals surface area contributed by atoms with Crippen molar-refractivity contribution in [2.75, 3.05) is 18.2 Å². The van der Waals surface area contributed by atoms with Gasteiger partial charge in [-0.05, 0) is 48.9 Å². The Morgan fingerprint density at radius 1 is 1.17 bits per heavy atom. The van der Waals surface area contributed by atoms with Crippen molar-refractivity contribution in [1.82, 2.24) is 19.8 Å². The monoisotopic (exact) mass is 439 g/mol. The maximum absolute atomic E-state index is 12.4. The van der Waals surface area contributed by atoms with Gasteiger partial charge in [-0.2, -0.15) is 9.61 Å².